The minimum Gasteiger partial charge on any atom is -0.320 e. The fourth-order valence-corrected chi connectivity index (χ4v) is 3.21. The van der Waals surface area contributed by atoms with Crippen molar-refractivity contribution < 1.29 is 9.72 Å². The second-order valence-electron chi connectivity index (χ2n) is 6.66. The number of nitro benzene ring substituents is 1. The quantitative estimate of drug-likeness (QED) is 0.408. The number of aromatic nitrogens is 2. The van der Waals surface area contributed by atoms with E-state index in [2.05, 4.69) is 26.3 Å². The summed E-state index contributed by atoms with van der Waals surface area (Å²) in [4.78, 5) is 35.0. The van der Waals surface area contributed by atoms with E-state index in [4.69, 9.17) is 0 Å². The zero-order chi connectivity index (χ0) is 21.7. The molecule has 8 nitrogen and oxygen atoms in total. The van der Waals surface area contributed by atoms with Gasteiger partial charge >= 0.3 is 0 Å². The van der Waals surface area contributed by atoms with Gasteiger partial charge < -0.3 is 5.32 Å². The first-order valence-electron chi connectivity index (χ1n) is 9.23. The third-order valence-electron chi connectivity index (χ3n) is 4.49. The molecule has 9 heteroatoms. The number of rotatable bonds is 7. The lowest BCUT2D eigenvalue weighted by atomic mass is 10.1. The van der Waals surface area contributed by atoms with E-state index in [-0.39, 0.29) is 35.8 Å². The minimum absolute atomic E-state index is 0.0993. The van der Waals surface area contributed by atoms with Crippen LogP contribution in [0.4, 0.5) is 11.4 Å². The van der Waals surface area contributed by atoms with Gasteiger partial charge in [-0.1, -0.05) is 40.2 Å². The molecule has 1 aromatic heterocycles. The topological polar surface area (TPSA) is 107 Å². The number of carbonyl (C=O) groups is 1. The molecule has 3 aromatic rings. The fourth-order valence-electron chi connectivity index (χ4n) is 2.94. The van der Waals surface area contributed by atoms with Crippen molar-refractivity contribution in [1.29, 1.82) is 0 Å². The van der Waals surface area contributed by atoms with Crippen LogP contribution in [0.3, 0.4) is 0 Å². The second kappa shape index (κ2) is 9.45. The molecule has 0 aliphatic rings. The van der Waals surface area contributed by atoms with Crippen LogP contribution in [0, 0.1) is 17.0 Å². The minimum atomic E-state index is -0.528. The van der Waals surface area contributed by atoms with E-state index in [1.165, 1.54) is 16.8 Å². The summed E-state index contributed by atoms with van der Waals surface area (Å²) in [6.45, 7) is 1.95. The molecule has 2 aromatic carbocycles. The molecule has 0 unspecified atom stereocenters. The first kappa shape index (κ1) is 21.4. The third kappa shape index (κ3) is 5.18. The summed E-state index contributed by atoms with van der Waals surface area (Å²) in [6.07, 6.45) is 0.463. The van der Waals surface area contributed by atoms with Crippen LogP contribution in [0.1, 0.15) is 18.4 Å². The summed E-state index contributed by atoms with van der Waals surface area (Å²) >= 11 is 3.38. The maximum atomic E-state index is 12.3. The number of carbonyl (C=O) groups excluding carboxylic acids is 1. The molecule has 0 aliphatic heterocycles. The second-order valence-corrected chi connectivity index (χ2v) is 7.58. The van der Waals surface area contributed by atoms with Gasteiger partial charge in [0.2, 0.25) is 5.91 Å². The molecule has 0 aliphatic carbocycles. The fraction of sp³-hybridized carbons (Fsp3) is 0.190. The summed E-state index contributed by atoms with van der Waals surface area (Å²) in [5.74, 6) is -0.357. The monoisotopic (exact) mass is 470 g/mol. The van der Waals surface area contributed by atoms with Gasteiger partial charge in [-0.25, -0.2) is 4.68 Å². The van der Waals surface area contributed by atoms with Crippen LogP contribution in [0.5, 0.6) is 0 Å². The largest absolute Gasteiger partial charge is 0.320 e. The van der Waals surface area contributed by atoms with Gasteiger partial charge in [0.25, 0.3) is 11.2 Å². The molecule has 0 spiro atoms. The Morgan fingerprint density at radius 1 is 1.17 bits per heavy atom. The lowest BCUT2D eigenvalue weighted by molar-refractivity contribution is -0.384. The van der Waals surface area contributed by atoms with Gasteiger partial charge in [-0.2, -0.15) is 5.10 Å². The molecule has 1 heterocycles. The highest BCUT2D eigenvalue weighted by Gasteiger charge is 2.17. The van der Waals surface area contributed by atoms with E-state index in [0.29, 0.717) is 17.7 Å². The average molecular weight is 471 g/mol. The summed E-state index contributed by atoms with van der Waals surface area (Å²) in [5, 5.41) is 18.1. The number of benzene rings is 2. The predicted molar refractivity (Wildman–Crippen MR) is 117 cm³/mol. The molecule has 30 heavy (non-hydrogen) atoms. The maximum absolute atomic E-state index is 12.3. The van der Waals surface area contributed by atoms with E-state index in [1.807, 2.05) is 24.3 Å². The molecule has 3 rings (SSSR count). The van der Waals surface area contributed by atoms with Crippen LogP contribution in [0.15, 0.2) is 63.9 Å². The Morgan fingerprint density at radius 2 is 1.90 bits per heavy atom. The van der Waals surface area contributed by atoms with Crippen molar-refractivity contribution in [1.82, 2.24) is 9.78 Å². The van der Waals surface area contributed by atoms with Crippen LogP contribution < -0.4 is 10.9 Å². The average Bonchev–Trinajstić information content (AvgIpc) is 2.71. The Labute approximate surface area is 180 Å². The van der Waals surface area contributed by atoms with Crippen molar-refractivity contribution in [2.75, 3.05) is 5.32 Å². The molecule has 0 bridgehead atoms. The standard InChI is InChI=1S/C21H19BrN4O4/c1-14-4-2-5-18(26(29)30)21(14)23-19(27)6-3-13-25-20(28)12-11-17(24-25)15-7-9-16(22)10-8-15/h2,4-5,7-12H,3,6,13H2,1H3,(H,23,27). The number of nitro groups is 1. The van der Waals surface area contributed by atoms with Gasteiger partial charge in [0.1, 0.15) is 5.69 Å². The molecule has 0 saturated carbocycles. The van der Waals surface area contributed by atoms with E-state index < -0.39 is 4.92 Å². The number of amides is 1. The van der Waals surface area contributed by atoms with E-state index in [9.17, 15) is 19.7 Å². The zero-order valence-electron chi connectivity index (χ0n) is 16.2. The zero-order valence-corrected chi connectivity index (χ0v) is 17.8. The molecular formula is C21H19BrN4O4. The lowest BCUT2D eigenvalue weighted by Gasteiger charge is -2.10. The molecule has 154 valence electrons. The predicted octanol–water partition coefficient (Wildman–Crippen LogP) is 4.31. The molecule has 0 saturated heterocycles. The highest BCUT2D eigenvalue weighted by molar-refractivity contribution is 9.10. The number of hydrogen-bond acceptors (Lipinski definition) is 5. The molecule has 0 fully saturated rings. The van der Waals surface area contributed by atoms with Crippen LogP contribution in [-0.2, 0) is 11.3 Å². The van der Waals surface area contributed by atoms with E-state index in [1.54, 1.807) is 25.1 Å². The van der Waals surface area contributed by atoms with E-state index in [0.717, 1.165) is 10.0 Å². The maximum Gasteiger partial charge on any atom is 0.293 e. The number of anilines is 1. The van der Waals surface area contributed by atoms with Crippen molar-refractivity contribution >= 4 is 33.2 Å². The van der Waals surface area contributed by atoms with Gasteiger partial charge in [0.15, 0.2) is 0 Å². The highest BCUT2D eigenvalue weighted by Crippen LogP contribution is 2.27. The van der Waals surface area contributed by atoms with Crippen LogP contribution in [0.25, 0.3) is 11.3 Å². The molecule has 1 amide bonds. The van der Waals surface area contributed by atoms with Gasteiger partial charge in [-0.05, 0) is 37.1 Å². The third-order valence-corrected chi connectivity index (χ3v) is 5.02. The molecular weight excluding hydrogens is 452 g/mol. The van der Waals surface area contributed by atoms with Crippen molar-refractivity contribution in [3.8, 4) is 11.3 Å². The van der Waals surface area contributed by atoms with Gasteiger partial charge in [-0.15, -0.1) is 0 Å². The van der Waals surface area contributed by atoms with Crippen LogP contribution in [0.2, 0.25) is 0 Å². The lowest BCUT2D eigenvalue weighted by Crippen LogP contribution is -2.23. The van der Waals surface area contributed by atoms with Gasteiger partial charge in [-0.3, -0.25) is 19.7 Å². The number of nitrogens with one attached hydrogen (secondary N) is 1. The first-order chi connectivity index (χ1) is 14.3. The van der Waals surface area contributed by atoms with Crippen molar-refractivity contribution in [2.24, 2.45) is 0 Å². The number of nitrogens with zero attached hydrogens (tertiary/aromatic N) is 3. The Kier molecular flexibility index (Phi) is 6.73. The molecule has 0 radical (unpaired) electrons. The number of halogens is 1. The molecule has 1 N–H and O–H groups in total. The Hall–Kier alpha value is -3.33. The smallest absolute Gasteiger partial charge is 0.293 e. The Balaban J connectivity index is 1.65. The first-order valence-corrected chi connectivity index (χ1v) is 10.0. The van der Waals surface area contributed by atoms with Gasteiger partial charge in [0, 0.05) is 35.1 Å². The van der Waals surface area contributed by atoms with Crippen molar-refractivity contribution in [2.45, 2.75) is 26.3 Å². The Bertz CT molecular complexity index is 1140. The number of para-hydroxylation sites is 1. The SMILES string of the molecule is Cc1cccc([N+](=O)[O-])c1NC(=O)CCCn1nc(-c2ccc(Br)cc2)ccc1=O. The molecule has 0 atom stereocenters. The number of aryl methyl sites for hydroxylation is 2. The Morgan fingerprint density at radius 3 is 2.60 bits per heavy atom. The van der Waals surface area contributed by atoms with Crippen LogP contribution >= 0.6 is 15.9 Å². The van der Waals surface area contributed by atoms with Crippen LogP contribution in [-0.4, -0.2) is 20.6 Å². The summed E-state index contributed by atoms with van der Waals surface area (Å²) < 4.78 is 2.26. The normalized spacial score (nSPS) is 10.6. The van der Waals surface area contributed by atoms with Gasteiger partial charge in [0.05, 0.1) is 10.6 Å². The van der Waals surface area contributed by atoms with E-state index >= 15 is 0 Å². The summed E-state index contributed by atoms with van der Waals surface area (Å²) in [5.41, 5.74) is 1.92. The van der Waals surface area contributed by atoms with Crippen molar-refractivity contribution in [3.63, 3.8) is 0 Å². The highest BCUT2D eigenvalue weighted by atomic mass is 79.9. The van der Waals surface area contributed by atoms with Crippen molar-refractivity contribution in [3.05, 3.63) is 85.1 Å². The number of hydrogen-bond donors (Lipinski definition) is 1. The summed E-state index contributed by atoms with van der Waals surface area (Å²) in [7, 11) is 0. The summed E-state index contributed by atoms with van der Waals surface area (Å²) in [6, 6.07) is 15.3.